The molecule has 1 heterocycles. The molecule has 0 aliphatic heterocycles. The Morgan fingerprint density at radius 3 is 2.55 bits per heavy atom. The van der Waals surface area contributed by atoms with E-state index in [2.05, 4.69) is 16.8 Å². The summed E-state index contributed by atoms with van der Waals surface area (Å²) < 4.78 is 2.18. The maximum absolute atomic E-state index is 11.3. The van der Waals surface area contributed by atoms with E-state index < -0.39 is 0 Å². The Bertz CT molecular complexity index is 769. The number of ketones is 1. The number of aromatic nitrogens is 1. The van der Waals surface area contributed by atoms with Gasteiger partial charge in [0.25, 0.3) is 0 Å². The highest BCUT2D eigenvalue weighted by Crippen LogP contribution is 2.20. The zero-order valence-corrected chi connectivity index (χ0v) is 11.3. The molecule has 0 saturated carbocycles. The van der Waals surface area contributed by atoms with Gasteiger partial charge in [-0.1, -0.05) is 24.3 Å². The highest BCUT2D eigenvalue weighted by molar-refractivity contribution is 5.94. The van der Waals surface area contributed by atoms with Crippen molar-refractivity contribution in [3.05, 3.63) is 65.9 Å². The van der Waals surface area contributed by atoms with Crippen LogP contribution in [0.1, 0.15) is 22.8 Å². The molecule has 1 aromatic heterocycles. The fourth-order valence-electron chi connectivity index (χ4n) is 2.40. The molecule has 0 saturated heterocycles. The second-order valence-corrected chi connectivity index (χ2v) is 5.02. The molecule has 2 N–H and O–H groups in total. The average molecular weight is 264 g/mol. The predicted molar refractivity (Wildman–Crippen MR) is 81.9 cm³/mol. The molecule has 0 radical (unpaired) electrons. The molecule has 3 nitrogen and oxygen atoms in total. The summed E-state index contributed by atoms with van der Waals surface area (Å²) in [6.45, 7) is 2.37. The molecular formula is C17H16N2O. The van der Waals surface area contributed by atoms with Crippen molar-refractivity contribution in [2.75, 3.05) is 5.73 Å². The van der Waals surface area contributed by atoms with Crippen molar-refractivity contribution in [2.24, 2.45) is 0 Å². The summed E-state index contributed by atoms with van der Waals surface area (Å²) in [6, 6.07) is 15.7. The summed E-state index contributed by atoms with van der Waals surface area (Å²) in [4.78, 5) is 11.3. The summed E-state index contributed by atoms with van der Waals surface area (Å²) in [5.74, 6) is 0.0958. The lowest BCUT2D eigenvalue weighted by Gasteiger charge is -2.06. The van der Waals surface area contributed by atoms with Crippen molar-refractivity contribution in [1.29, 1.82) is 0 Å². The van der Waals surface area contributed by atoms with Gasteiger partial charge in [-0.15, -0.1) is 0 Å². The number of nitrogens with zero attached hydrogens (tertiary/aromatic N) is 1. The molecule has 0 atom stereocenters. The minimum absolute atomic E-state index is 0.0958. The van der Waals surface area contributed by atoms with Gasteiger partial charge in [0.2, 0.25) is 0 Å². The van der Waals surface area contributed by atoms with E-state index in [0.717, 1.165) is 28.7 Å². The molecule has 0 unspecified atom stereocenters. The minimum atomic E-state index is 0.0958. The van der Waals surface area contributed by atoms with E-state index in [9.17, 15) is 4.79 Å². The molecule has 20 heavy (non-hydrogen) atoms. The first kappa shape index (κ1) is 12.5. The number of hydrogen-bond acceptors (Lipinski definition) is 2. The minimum Gasteiger partial charge on any atom is -0.399 e. The molecule has 3 rings (SSSR count). The van der Waals surface area contributed by atoms with Crippen molar-refractivity contribution < 1.29 is 4.79 Å². The summed E-state index contributed by atoms with van der Waals surface area (Å²) in [5.41, 5.74) is 9.65. The molecule has 0 amide bonds. The quantitative estimate of drug-likeness (QED) is 0.581. The maximum atomic E-state index is 11.3. The largest absolute Gasteiger partial charge is 0.399 e. The van der Waals surface area contributed by atoms with Gasteiger partial charge in [-0.3, -0.25) is 4.79 Å². The Balaban J connectivity index is 1.91. The third-order valence-electron chi connectivity index (χ3n) is 3.51. The fraction of sp³-hybridized carbons (Fsp3) is 0.118. The van der Waals surface area contributed by atoms with Gasteiger partial charge in [0.1, 0.15) is 0 Å². The number of fused-ring (bicyclic) bond motifs is 1. The number of rotatable bonds is 3. The van der Waals surface area contributed by atoms with Crippen LogP contribution in [0.25, 0.3) is 10.9 Å². The van der Waals surface area contributed by atoms with Crippen LogP contribution in [0.2, 0.25) is 0 Å². The van der Waals surface area contributed by atoms with Crippen molar-refractivity contribution >= 4 is 22.4 Å². The van der Waals surface area contributed by atoms with Crippen molar-refractivity contribution in [2.45, 2.75) is 13.5 Å². The Morgan fingerprint density at radius 1 is 1.10 bits per heavy atom. The van der Waals surface area contributed by atoms with Crippen LogP contribution in [0.5, 0.6) is 0 Å². The lowest BCUT2D eigenvalue weighted by atomic mass is 10.1. The van der Waals surface area contributed by atoms with Gasteiger partial charge < -0.3 is 10.3 Å². The highest BCUT2D eigenvalue weighted by atomic mass is 16.1. The van der Waals surface area contributed by atoms with E-state index in [1.807, 2.05) is 42.5 Å². The topological polar surface area (TPSA) is 48.0 Å². The zero-order chi connectivity index (χ0) is 14.1. The Hall–Kier alpha value is -2.55. The smallest absolute Gasteiger partial charge is 0.159 e. The third-order valence-corrected chi connectivity index (χ3v) is 3.51. The van der Waals surface area contributed by atoms with Gasteiger partial charge in [0.05, 0.1) is 0 Å². The van der Waals surface area contributed by atoms with Crippen LogP contribution in [0.4, 0.5) is 5.69 Å². The van der Waals surface area contributed by atoms with E-state index in [-0.39, 0.29) is 5.78 Å². The van der Waals surface area contributed by atoms with Gasteiger partial charge in [-0.05, 0) is 36.8 Å². The second-order valence-electron chi connectivity index (χ2n) is 5.02. The molecule has 2 aromatic carbocycles. The van der Waals surface area contributed by atoms with Crippen LogP contribution < -0.4 is 5.73 Å². The summed E-state index contributed by atoms with van der Waals surface area (Å²) in [5, 5.41) is 1.14. The lowest BCUT2D eigenvalue weighted by molar-refractivity contribution is 0.101. The molecule has 3 aromatic rings. The van der Waals surface area contributed by atoms with Crippen molar-refractivity contribution in [1.82, 2.24) is 4.57 Å². The van der Waals surface area contributed by atoms with Crippen LogP contribution in [-0.4, -0.2) is 10.4 Å². The second kappa shape index (κ2) is 4.85. The maximum Gasteiger partial charge on any atom is 0.159 e. The first-order valence-corrected chi connectivity index (χ1v) is 6.58. The summed E-state index contributed by atoms with van der Waals surface area (Å²) >= 11 is 0. The van der Waals surface area contributed by atoms with Crippen LogP contribution >= 0.6 is 0 Å². The van der Waals surface area contributed by atoms with E-state index in [1.54, 1.807) is 6.92 Å². The number of carbonyl (C=O) groups is 1. The molecule has 100 valence electrons. The molecule has 0 spiro atoms. The first-order valence-electron chi connectivity index (χ1n) is 6.58. The molecule has 0 bridgehead atoms. The molecule has 3 heteroatoms. The van der Waals surface area contributed by atoms with Gasteiger partial charge in [0.15, 0.2) is 5.78 Å². The molecule has 0 fully saturated rings. The van der Waals surface area contributed by atoms with Crippen LogP contribution in [0, 0.1) is 0 Å². The highest BCUT2D eigenvalue weighted by Gasteiger charge is 2.03. The summed E-state index contributed by atoms with van der Waals surface area (Å²) in [6.07, 6.45) is 2.06. The number of carbonyl (C=O) groups excluding carboxylic acids is 1. The van der Waals surface area contributed by atoms with Crippen molar-refractivity contribution in [3.8, 4) is 0 Å². The Labute approximate surface area is 117 Å². The number of Topliss-reactive ketones (excluding diaryl/α,β-unsaturated/α-hetero) is 1. The van der Waals surface area contributed by atoms with Crippen LogP contribution in [0.15, 0.2) is 54.7 Å². The summed E-state index contributed by atoms with van der Waals surface area (Å²) in [7, 11) is 0. The van der Waals surface area contributed by atoms with E-state index in [4.69, 9.17) is 5.73 Å². The Morgan fingerprint density at radius 2 is 1.85 bits per heavy atom. The predicted octanol–water partition coefficient (Wildman–Crippen LogP) is 3.47. The van der Waals surface area contributed by atoms with Crippen LogP contribution in [-0.2, 0) is 6.54 Å². The number of anilines is 1. The Kier molecular flexibility index (Phi) is 3.03. The normalized spacial score (nSPS) is 10.8. The molecule has 0 aliphatic carbocycles. The van der Waals surface area contributed by atoms with Crippen LogP contribution in [0.3, 0.4) is 0 Å². The van der Waals surface area contributed by atoms with Gasteiger partial charge in [-0.2, -0.15) is 0 Å². The number of nitrogen functional groups attached to an aromatic ring is 1. The number of nitrogens with two attached hydrogens (primary N) is 1. The number of hydrogen-bond donors (Lipinski definition) is 1. The van der Waals surface area contributed by atoms with E-state index >= 15 is 0 Å². The van der Waals surface area contributed by atoms with Gasteiger partial charge in [-0.25, -0.2) is 0 Å². The van der Waals surface area contributed by atoms with Crippen molar-refractivity contribution in [3.63, 3.8) is 0 Å². The average Bonchev–Trinajstić information content (AvgIpc) is 2.81. The van der Waals surface area contributed by atoms with Gasteiger partial charge in [0, 0.05) is 34.9 Å². The number of benzene rings is 2. The molecule has 0 aliphatic rings. The third kappa shape index (κ3) is 2.30. The van der Waals surface area contributed by atoms with Gasteiger partial charge >= 0.3 is 0 Å². The molecular weight excluding hydrogens is 248 g/mol. The van der Waals surface area contributed by atoms with E-state index in [0.29, 0.717) is 0 Å². The lowest BCUT2D eigenvalue weighted by Crippen LogP contribution is -1.99. The zero-order valence-electron chi connectivity index (χ0n) is 11.3. The monoisotopic (exact) mass is 264 g/mol. The van der Waals surface area contributed by atoms with E-state index in [1.165, 1.54) is 5.56 Å². The fourth-order valence-corrected chi connectivity index (χ4v) is 2.40. The first-order chi connectivity index (χ1) is 9.63. The standard InChI is InChI=1S/C17H16N2O/c1-12(20)14-4-2-13(3-5-14)11-19-9-8-15-10-16(18)6-7-17(15)19/h2-10H,11,18H2,1H3. The SMILES string of the molecule is CC(=O)c1ccc(Cn2ccc3cc(N)ccc32)cc1.